The minimum Gasteiger partial charge on any atom is -0.378 e. The lowest BCUT2D eigenvalue weighted by Crippen LogP contribution is -2.02. The van der Waals surface area contributed by atoms with Crippen molar-refractivity contribution in [2.45, 2.75) is 11.4 Å². The zero-order valence-corrected chi connectivity index (χ0v) is 16.4. The molecule has 0 spiro atoms. The number of hydrogen-bond donors (Lipinski definition) is 2. The van der Waals surface area contributed by atoms with Gasteiger partial charge in [-0.3, -0.25) is 5.41 Å². The number of nitrogens with two attached hydrogens (primary N) is 1. The van der Waals surface area contributed by atoms with E-state index in [-0.39, 0.29) is 29.1 Å². The van der Waals surface area contributed by atoms with Gasteiger partial charge in [-0.1, -0.05) is 58.0 Å². The van der Waals surface area contributed by atoms with Gasteiger partial charge in [-0.05, 0) is 23.8 Å². The van der Waals surface area contributed by atoms with Crippen LogP contribution >= 0.6 is 51.7 Å². The molecule has 3 rings (SSSR count). The molecule has 6 heteroatoms. The van der Waals surface area contributed by atoms with Crippen LogP contribution in [0.1, 0.15) is 5.56 Å². The van der Waals surface area contributed by atoms with E-state index in [9.17, 15) is 0 Å². The molecule has 22 heavy (non-hydrogen) atoms. The fraction of sp³-hybridized carbons (Fsp3) is 0.0625. The minimum absolute atomic E-state index is 0. The van der Waals surface area contributed by atoms with Crippen molar-refractivity contribution in [1.29, 1.82) is 5.41 Å². The fourth-order valence-electron chi connectivity index (χ4n) is 2.33. The summed E-state index contributed by atoms with van der Waals surface area (Å²) < 4.78 is 3.28. The van der Waals surface area contributed by atoms with Gasteiger partial charge in [-0.15, -0.1) is 24.0 Å². The van der Waals surface area contributed by atoms with Crippen molar-refractivity contribution in [3.05, 3.63) is 64.8 Å². The molecular weight excluding hydrogens is 473 g/mol. The average molecular weight is 488 g/mol. The maximum absolute atomic E-state index is 7.49. The third-order valence-corrected chi connectivity index (χ3v) is 4.53. The first-order valence-corrected chi connectivity index (χ1v) is 8.08. The largest absolute Gasteiger partial charge is 0.378 e. The molecule has 2 aromatic carbocycles. The third-order valence-electron chi connectivity index (χ3n) is 3.24. The number of aromatic nitrogens is 1. The minimum atomic E-state index is 0. The first-order chi connectivity index (χ1) is 10.1. The second kappa shape index (κ2) is 7.52. The normalized spacial score (nSPS) is 10.4. The number of halogens is 2. The highest BCUT2D eigenvalue weighted by atomic mass is 127. The van der Waals surface area contributed by atoms with Gasteiger partial charge in [0, 0.05) is 33.0 Å². The van der Waals surface area contributed by atoms with Crippen LogP contribution in [0.3, 0.4) is 0 Å². The molecule has 0 aliphatic rings. The molecule has 3 nitrogen and oxygen atoms in total. The van der Waals surface area contributed by atoms with Crippen molar-refractivity contribution in [3.8, 4) is 0 Å². The molecule has 0 amide bonds. The van der Waals surface area contributed by atoms with E-state index in [0.29, 0.717) is 0 Å². The Labute approximate surface area is 158 Å². The Bertz CT molecular complexity index is 799. The number of fused-ring (bicyclic) bond motifs is 1. The lowest BCUT2D eigenvalue weighted by atomic mass is 10.2. The molecule has 3 N–H and O–H groups in total. The van der Waals surface area contributed by atoms with Gasteiger partial charge in [0.2, 0.25) is 0 Å². The molecule has 0 aliphatic heterocycles. The van der Waals surface area contributed by atoms with Crippen LogP contribution < -0.4 is 5.73 Å². The molecule has 0 fully saturated rings. The maximum atomic E-state index is 7.49. The van der Waals surface area contributed by atoms with E-state index in [4.69, 9.17) is 11.1 Å². The quantitative estimate of drug-likeness (QED) is 0.235. The van der Waals surface area contributed by atoms with Gasteiger partial charge in [0.05, 0.1) is 0 Å². The van der Waals surface area contributed by atoms with Gasteiger partial charge in [0.15, 0.2) is 5.17 Å². The Morgan fingerprint density at radius 1 is 1.14 bits per heavy atom. The van der Waals surface area contributed by atoms with Crippen molar-refractivity contribution in [2.75, 3.05) is 0 Å². The highest BCUT2D eigenvalue weighted by Crippen LogP contribution is 2.30. The molecule has 0 unspecified atom stereocenters. The van der Waals surface area contributed by atoms with Gasteiger partial charge in [-0.25, -0.2) is 0 Å². The summed E-state index contributed by atoms with van der Waals surface area (Å²) >= 11 is 4.75. The number of nitrogens with one attached hydrogen (secondary N) is 1. The summed E-state index contributed by atoms with van der Waals surface area (Å²) in [5, 5.41) is 8.73. The predicted octanol–water partition coefficient (Wildman–Crippen LogP) is 5.06. The molecule has 1 heterocycles. The Hall–Kier alpha value is -0.990. The third kappa shape index (κ3) is 3.85. The summed E-state index contributed by atoms with van der Waals surface area (Å²) in [6.45, 7) is 0.798. The standard InChI is InChI=1S/C16H14BrN3S.HI/c17-12-7-5-11(6-8-12)9-20-10-15(21-16(18)19)13-3-1-2-4-14(13)20;/h1-8,10H,9H2,(H3,18,19);1H. The average Bonchev–Trinajstić information content (AvgIpc) is 2.79. The van der Waals surface area contributed by atoms with E-state index in [2.05, 4.69) is 51.0 Å². The number of para-hydroxylation sites is 1. The van der Waals surface area contributed by atoms with Gasteiger partial charge >= 0.3 is 0 Å². The molecular formula is C16H15BrIN3S. The van der Waals surface area contributed by atoms with Crippen LogP contribution in [0.4, 0.5) is 0 Å². The smallest absolute Gasteiger partial charge is 0.156 e. The predicted molar refractivity (Wildman–Crippen MR) is 108 cm³/mol. The molecule has 0 aliphatic carbocycles. The Kier molecular flexibility index (Phi) is 5.94. The molecule has 0 radical (unpaired) electrons. The Morgan fingerprint density at radius 2 is 1.82 bits per heavy atom. The van der Waals surface area contributed by atoms with Crippen LogP contribution in [0.25, 0.3) is 10.9 Å². The number of thioether (sulfide) groups is 1. The number of benzene rings is 2. The van der Waals surface area contributed by atoms with Gasteiger partial charge in [0.25, 0.3) is 0 Å². The van der Waals surface area contributed by atoms with Gasteiger partial charge < -0.3 is 10.3 Å². The lowest BCUT2D eigenvalue weighted by Gasteiger charge is -2.05. The molecule has 114 valence electrons. The lowest BCUT2D eigenvalue weighted by molar-refractivity contribution is 0.830. The second-order valence-corrected chi connectivity index (χ2v) is 6.73. The van der Waals surface area contributed by atoms with Crippen molar-refractivity contribution in [2.24, 2.45) is 5.73 Å². The number of nitrogens with zero attached hydrogens (tertiary/aromatic N) is 1. The summed E-state index contributed by atoms with van der Waals surface area (Å²) in [4.78, 5) is 1.02. The zero-order valence-electron chi connectivity index (χ0n) is 11.6. The van der Waals surface area contributed by atoms with E-state index in [1.807, 2.05) is 24.3 Å². The maximum Gasteiger partial charge on any atom is 0.156 e. The Balaban J connectivity index is 0.00000176. The first-order valence-electron chi connectivity index (χ1n) is 6.47. The highest BCUT2D eigenvalue weighted by Gasteiger charge is 2.10. The van der Waals surface area contributed by atoms with E-state index in [0.717, 1.165) is 26.8 Å². The SMILES string of the molecule is I.N=C(N)Sc1cn(Cc2ccc(Br)cc2)c2ccccc12. The number of hydrogen-bond acceptors (Lipinski definition) is 2. The van der Waals surface area contributed by atoms with Crippen LogP contribution in [0.5, 0.6) is 0 Å². The molecule has 3 aromatic rings. The first kappa shape index (κ1) is 17.4. The molecule has 0 atom stereocenters. The highest BCUT2D eigenvalue weighted by molar-refractivity contribution is 14.0. The summed E-state index contributed by atoms with van der Waals surface area (Å²) in [6, 6.07) is 16.5. The van der Waals surface area contributed by atoms with Crippen molar-refractivity contribution >= 4 is 67.7 Å². The van der Waals surface area contributed by atoms with Gasteiger partial charge in [-0.2, -0.15) is 0 Å². The topological polar surface area (TPSA) is 54.8 Å². The monoisotopic (exact) mass is 487 g/mol. The number of amidine groups is 1. The van der Waals surface area contributed by atoms with Crippen molar-refractivity contribution < 1.29 is 0 Å². The Morgan fingerprint density at radius 3 is 2.50 bits per heavy atom. The summed E-state index contributed by atoms with van der Waals surface area (Å²) in [5.74, 6) is 0. The molecule has 0 bridgehead atoms. The van der Waals surface area contributed by atoms with Crippen LogP contribution in [-0.2, 0) is 6.54 Å². The van der Waals surface area contributed by atoms with Crippen LogP contribution in [0.15, 0.2) is 64.1 Å². The summed E-state index contributed by atoms with van der Waals surface area (Å²) in [6.07, 6.45) is 2.07. The molecule has 0 saturated heterocycles. The summed E-state index contributed by atoms with van der Waals surface area (Å²) in [5.41, 5.74) is 7.92. The molecule has 0 saturated carbocycles. The van der Waals surface area contributed by atoms with Gasteiger partial charge in [0.1, 0.15) is 0 Å². The second-order valence-electron chi connectivity index (χ2n) is 4.73. The van der Waals surface area contributed by atoms with Crippen LogP contribution in [0, 0.1) is 5.41 Å². The van der Waals surface area contributed by atoms with E-state index < -0.39 is 0 Å². The fourth-order valence-corrected chi connectivity index (χ4v) is 3.29. The van der Waals surface area contributed by atoms with E-state index in [1.54, 1.807) is 0 Å². The van der Waals surface area contributed by atoms with Crippen LogP contribution in [-0.4, -0.2) is 9.73 Å². The zero-order chi connectivity index (χ0) is 14.8. The van der Waals surface area contributed by atoms with Crippen LogP contribution in [0.2, 0.25) is 0 Å². The van der Waals surface area contributed by atoms with Crippen molar-refractivity contribution in [3.63, 3.8) is 0 Å². The van der Waals surface area contributed by atoms with E-state index in [1.165, 1.54) is 17.3 Å². The number of rotatable bonds is 3. The van der Waals surface area contributed by atoms with E-state index >= 15 is 0 Å². The summed E-state index contributed by atoms with van der Waals surface area (Å²) in [7, 11) is 0. The van der Waals surface area contributed by atoms with Crippen molar-refractivity contribution in [1.82, 2.24) is 4.57 Å². The molecule has 1 aromatic heterocycles.